The monoisotopic (exact) mass is 411 g/mol. The Balaban J connectivity index is 0.00000400. The molecule has 0 spiro atoms. The first kappa shape index (κ1) is 20.9. The Bertz CT molecular complexity index is 298. The van der Waals surface area contributed by atoms with Crippen molar-refractivity contribution in [3.8, 4) is 0 Å². The smallest absolute Gasteiger partial charge is 0.188 e. The van der Waals surface area contributed by atoms with E-state index >= 15 is 0 Å². The standard InChI is InChI=1S/C15H33N5.HI/c1-12(2)10-17-15(16)18-11-14(13(3)4)20-8-6-19(5)7-9-20;/h12-14H,6-11H2,1-5H3,(H3,16,17,18);1H. The van der Waals surface area contributed by atoms with Gasteiger partial charge in [-0.15, -0.1) is 24.0 Å². The van der Waals surface area contributed by atoms with Crippen molar-refractivity contribution in [3.05, 3.63) is 0 Å². The molecule has 21 heavy (non-hydrogen) atoms. The zero-order valence-corrected chi connectivity index (χ0v) is 16.6. The molecule has 1 aliphatic rings. The van der Waals surface area contributed by atoms with Crippen LogP contribution in [0.2, 0.25) is 0 Å². The largest absolute Gasteiger partial charge is 0.370 e. The van der Waals surface area contributed by atoms with Crippen molar-refractivity contribution in [3.63, 3.8) is 0 Å². The fraction of sp³-hybridized carbons (Fsp3) is 0.933. The molecule has 1 saturated heterocycles. The van der Waals surface area contributed by atoms with Crippen molar-refractivity contribution in [1.82, 2.24) is 15.1 Å². The van der Waals surface area contributed by atoms with E-state index < -0.39 is 0 Å². The highest BCUT2D eigenvalue weighted by Gasteiger charge is 2.24. The molecule has 0 aromatic heterocycles. The van der Waals surface area contributed by atoms with Crippen LogP contribution in [0, 0.1) is 11.8 Å². The van der Waals surface area contributed by atoms with Gasteiger partial charge in [0.05, 0.1) is 0 Å². The van der Waals surface area contributed by atoms with Gasteiger partial charge >= 0.3 is 0 Å². The summed E-state index contributed by atoms with van der Waals surface area (Å²) in [5.74, 6) is 1.75. The van der Waals surface area contributed by atoms with E-state index in [1.807, 2.05) is 0 Å². The molecule has 3 N–H and O–H groups in total. The third kappa shape index (κ3) is 8.21. The van der Waals surface area contributed by atoms with E-state index in [9.17, 15) is 0 Å². The summed E-state index contributed by atoms with van der Waals surface area (Å²) in [5.41, 5.74) is 5.93. The number of rotatable bonds is 6. The Kier molecular flexibility index (Phi) is 10.6. The van der Waals surface area contributed by atoms with E-state index in [-0.39, 0.29) is 24.0 Å². The highest BCUT2D eigenvalue weighted by atomic mass is 127. The summed E-state index contributed by atoms with van der Waals surface area (Å²) in [7, 11) is 2.19. The van der Waals surface area contributed by atoms with Gasteiger partial charge in [0.15, 0.2) is 5.96 Å². The minimum absolute atomic E-state index is 0. The second-order valence-corrected chi connectivity index (χ2v) is 6.65. The van der Waals surface area contributed by atoms with Crippen LogP contribution in [0.15, 0.2) is 4.99 Å². The fourth-order valence-electron chi connectivity index (χ4n) is 2.49. The predicted octanol–water partition coefficient (Wildman–Crippen LogP) is 1.44. The molecule has 0 aliphatic carbocycles. The number of aliphatic imine (C=N–C) groups is 1. The van der Waals surface area contributed by atoms with Gasteiger partial charge in [-0.3, -0.25) is 9.89 Å². The van der Waals surface area contributed by atoms with E-state index in [0.29, 0.717) is 23.8 Å². The third-order valence-corrected chi connectivity index (χ3v) is 3.90. The number of nitrogens with two attached hydrogens (primary N) is 1. The molecule has 1 heterocycles. The van der Waals surface area contributed by atoms with Crippen LogP contribution in [-0.2, 0) is 0 Å². The topological polar surface area (TPSA) is 56.9 Å². The van der Waals surface area contributed by atoms with Gasteiger partial charge in [-0.25, -0.2) is 0 Å². The molecule has 5 nitrogen and oxygen atoms in total. The molecule has 0 amide bonds. The molecule has 6 heteroatoms. The second kappa shape index (κ2) is 10.6. The van der Waals surface area contributed by atoms with Gasteiger partial charge in [0.2, 0.25) is 0 Å². The number of guanidine groups is 1. The molecule has 0 bridgehead atoms. The number of halogens is 1. The van der Waals surface area contributed by atoms with E-state index in [2.05, 4.69) is 54.9 Å². The van der Waals surface area contributed by atoms with E-state index in [1.165, 1.54) is 0 Å². The Hall–Kier alpha value is -0.0800. The van der Waals surface area contributed by atoms with Crippen LogP contribution in [0.1, 0.15) is 27.7 Å². The number of nitrogens with zero attached hydrogens (tertiary/aromatic N) is 3. The predicted molar refractivity (Wildman–Crippen MR) is 102 cm³/mol. The first-order chi connectivity index (χ1) is 9.40. The van der Waals surface area contributed by atoms with Crippen LogP contribution in [-0.4, -0.2) is 68.1 Å². The number of nitrogens with one attached hydrogen (secondary N) is 1. The number of piperazine rings is 1. The van der Waals surface area contributed by atoms with Gasteiger partial charge in [-0.05, 0) is 18.9 Å². The Morgan fingerprint density at radius 2 is 1.71 bits per heavy atom. The average Bonchev–Trinajstić information content (AvgIpc) is 2.38. The maximum absolute atomic E-state index is 5.93. The molecule has 1 unspecified atom stereocenters. The number of hydrogen-bond acceptors (Lipinski definition) is 3. The normalized spacial score (nSPS) is 19.7. The minimum Gasteiger partial charge on any atom is -0.370 e. The Morgan fingerprint density at radius 3 is 2.19 bits per heavy atom. The molecule has 1 aliphatic heterocycles. The summed E-state index contributed by atoms with van der Waals surface area (Å²) < 4.78 is 0. The summed E-state index contributed by atoms with van der Waals surface area (Å²) in [6, 6.07) is 0.525. The minimum atomic E-state index is 0. The lowest BCUT2D eigenvalue weighted by Gasteiger charge is -2.40. The summed E-state index contributed by atoms with van der Waals surface area (Å²) in [4.78, 5) is 9.33. The first-order valence-electron chi connectivity index (χ1n) is 7.86. The van der Waals surface area contributed by atoms with Crippen molar-refractivity contribution in [2.24, 2.45) is 22.6 Å². The van der Waals surface area contributed by atoms with Gasteiger partial charge in [-0.2, -0.15) is 0 Å². The molecule has 1 rings (SSSR count). The summed E-state index contributed by atoms with van der Waals surface area (Å²) in [6.45, 7) is 15.1. The van der Waals surface area contributed by atoms with Crippen LogP contribution in [0.25, 0.3) is 0 Å². The summed E-state index contributed by atoms with van der Waals surface area (Å²) in [6.07, 6.45) is 0. The van der Waals surface area contributed by atoms with E-state index in [4.69, 9.17) is 5.73 Å². The molecule has 1 fully saturated rings. The molecule has 0 aromatic carbocycles. The van der Waals surface area contributed by atoms with Crippen LogP contribution >= 0.6 is 24.0 Å². The summed E-state index contributed by atoms with van der Waals surface area (Å²) in [5, 5.41) is 3.30. The van der Waals surface area contributed by atoms with E-state index in [1.54, 1.807) is 0 Å². The molecular formula is C15H34IN5. The van der Waals surface area contributed by atoms with Crippen molar-refractivity contribution < 1.29 is 0 Å². The molecule has 0 radical (unpaired) electrons. The molecule has 0 aromatic rings. The number of hydrogen-bond donors (Lipinski definition) is 2. The first-order valence-corrected chi connectivity index (χ1v) is 7.86. The Morgan fingerprint density at radius 1 is 1.14 bits per heavy atom. The third-order valence-electron chi connectivity index (χ3n) is 3.90. The number of likely N-dealkylation sites (N-methyl/N-ethyl adjacent to an activating group) is 1. The van der Waals surface area contributed by atoms with Crippen LogP contribution < -0.4 is 11.1 Å². The van der Waals surface area contributed by atoms with Gasteiger partial charge in [0.1, 0.15) is 0 Å². The second-order valence-electron chi connectivity index (χ2n) is 6.65. The quantitative estimate of drug-likeness (QED) is 0.395. The summed E-state index contributed by atoms with van der Waals surface area (Å²) >= 11 is 0. The van der Waals surface area contributed by atoms with Crippen molar-refractivity contribution in [2.75, 3.05) is 46.3 Å². The van der Waals surface area contributed by atoms with Crippen molar-refractivity contribution in [2.45, 2.75) is 33.7 Å². The maximum Gasteiger partial charge on any atom is 0.188 e. The van der Waals surface area contributed by atoms with Gasteiger partial charge in [0.25, 0.3) is 0 Å². The van der Waals surface area contributed by atoms with Gasteiger partial charge < -0.3 is 16.0 Å². The lowest BCUT2D eigenvalue weighted by atomic mass is 10.0. The fourth-order valence-corrected chi connectivity index (χ4v) is 2.49. The maximum atomic E-state index is 5.93. The van der Waals surface area contributed by atoms with E-state index in [0.717, 1.165) is 39.3 Å². The lowest BCUT2D eigenvalue weighted by Crippen LogP contribution is -2.54. The van der Waals surface area contributed by atoms with Crippen molar-refractivity contribution in [1.29, 1.82) is 0 Å². The molecule has 1 atom stereocenters. The van der Waals surface area contributed by atoms with Crippen LogP contribution in [0.4, 0.5) is 0 Å². The van der Waals surface area contributed by atoms with Crippen LogP contribution in [0.3, 0.4) is 0 Å². The molecule has 126 valence electrons. The SMILES string of the molecule is CC(C)CN=C(N)NCC(C(C)C)N1CCN(C)CC1.I. The van der Waals surface area contributed by atoms with Crippen LogP contribution in [0.5, 0.6) is 0 Å². The average molecular weight is 411 g/mol. The highest BCUT2D eigenvalue weighted by Crippen LogP contribution is 2.12. The zero-order valence-electron chi connectivity index (χ0n) is 14.3. The zero-order chi connectivity index (χ0) is 15.1. The highest BCUT2D eigenvalue weighted by molar-refractivity contribution is 14.0. The molecular weight excluding hydrogens is 377 g/mol. The van der Waals surface area contributed by atoms with Crippen molar-refractivity contribution >= 4 is 29.9 Å². The van der Waals surface area contributed by atoms with Gasteiger partial charge in [-0.1, -0.05) is 27.7 Å². The lowest BCUT2D eigenvalue weighted by molar-refractivity contribution is 0.0900. The molecule has 0 saturated carbocycles. The Labute approximate surface area is 147 Å². The van der Waals surface area contributed by atoms with Gasteiger partial charge in [0, 0.05) is 45.3 Å².